The molecule has 1 heterocycles. The molecule has 1 aromatic carbocycles. The van der Waals surface area contributed by atoms with Crippen LogP contribution in [0.25, 0.3) is 0 Å². The van der Waals surface area contributed by atoms with E-state index >= 15 is 0 Å². The van der Waals surface area contributed by atoms with Gasteiger partial charge < -0.3 is 9.80 Å². The summed E-state index contributed by atoms with van der Waals surface area (Å²) in [6, 6.07) is 10.8. The fraction of sp³-hybridized carbons (Fsp3) is 0.588. The molecule has 20 heavy (non-hydrogen) atoms. The van der Waals surface area contributed by atoms with Gasteiger partial charge in [-0.1, -0.05) is 18.2 Å². The van der Waals surface area contributed by atoms with Crippen LogP contribution in [-0.2, 0) is 4.79 Å². The lowest BCUT2D eigenvalue weighted by molar-refractivity contribution is -0.119. The average molecular weight is 272 g/mol. The van der Waals surface area contributed by atoms with Crippen molar-refractivity contribution in [2.75, 3.05) is 25.0 Å². The van der Waals surface area contributed by atoms with E-state index in [-0.39, 0.29) is 5.91 Å². The van der Waals surface area contributed by atoms with E-state index in [2.05, 4.69) is 4.90 Å². The molecule has 0 aromatic heterocycles. The number of hydrogen-bond donors (Lipinski definition) is 0. The van der Waals surface area contributed by atoms with E-state index in [9.17, 15) is 4.79 Å². The van der Waals surface area contributed by atoms with Crippen LogP contribution < -0.4 is 4.90 Å². The van der Waals surface area contributed by atoms with E-state index in [0.29, 0.717) is 12.3 Å². The van der Waals surface area contributed by atoms with Gasteiger partial charge in [-0.05, 0) is 56.8 Å². The van der Waals surface area contributed by atoms with Gasteiger partial charge in [-0.15, -0.1) is 0 Å². The van der Waals surface area contributed by atoms with Gasteiger partial charge in [0.15, 0.2) is 0 Å². The van der Waals surface area contributed by atoms with Crippen molar-refractivity contribution >= 4 is 11.6 Å². The lowest BCUT2D eigenvalue weighted by Crippen LogP contribution is -2.37. The van der Waals surface area contributed by atoms with Crippen LogP contribution in [-0.4, -0.2) is 37.0 Å². The van der Waals surface area contributed by atoms with Crippen LogP contribution in [0.15, 0.2) is 30.3 Å². The summed E-state index contributed by atoms with van der Waals surface area (Å²) in [5, 5.41) is 0. The third kappa shape index (κ3) is 3.21. The second kappa shape index (κ2) is 5.96. The molecule has 1 aliphatic carbocycles. The molecule has 0 spiro atoms. The Bertz CT molecular complexity index is 447. The monoisotopic (exact) mass is 272 g/mol. The molecule has 1 aromatic rings. The Balaban J connectivity index is 1.49. The third-order valence-electron chi connectivity index (χ3n) is 4.69. The van der Waals surface area contributed by atoms with Gasteiger partial charge in [-0.25, -0.2) is 0 Å². The summed E-state index contributed by atoms with van der Waals surface area (Å²) in [5.74, 6) is 0.824. The number of carbonyl (C=O) groups is 1. The Morgan fingerprint density at radius 3 is 2.40 bits per heavy atom. The van der Waals surface area contributed by atoms with E-state index in [1.54, 1.807) is 4.90 Å². The van der Waals surface area contributed by atoms with Crippen LogP contribution in [0.5, 0.6) is 0 Å². The summed E-state index contributed by atoms with van der Waals surface area (Å²) >= 11 is 0. The van der Waals surface area contributed by atoms with Crippen molar-refractivity contribution in [2.24, 2.45) is 5.92 Å². The largest absolute Gasteiger partial charge is 0.315 e. The maximum Gasteiger partial charge on any atom is 0.226 e. The summed E-state index contributed by atoms with van der Waals surface area (Å²) in [5.41, 5.74) is 0.993. The Labute approximate surface area is 121 Å². The molecular formula is C17H24N2O. The van der Waals surface area contributed by atoms with Gasteiger partial charge in [0.2, 0.25) is 5.91 Å². The van der Waals surface area contributed by atoms with Crippen molar-refractivity contribution in [1.29, 1.82) is 0 Å². The van der Waals surface area contributed by atoms with Crippen molar-refractivity contribution in [3.8, 4) is 0 Å². The van der Waals surface area contributed by atoms with Crippen LogP contribution in [0.2, 0.25) is 0 Å². The number of hydrogen-bond acceptors (Lipinski definition) is 2. The molecule has 0 N–H and O–H groups in total. The Hall–Kier alpha value is -1.35. The van der Waals surface area contributed by atoms with Gasteiger partial charge in [-0.2, -0.15) is 0 Å². The third-order valence-corrected chi connectivity index (χ3v) is 4.69. The minimum atomic E-state index is 0.251. The highest BCUT2D eigenvalue weighted by atomic mass is 16.2. The van der Waals surface area contributed by atoms with Crippen LogP contribution in [0.1, 0.15) is 32.1 Å². The summed E-state index contributed by atoms with van der Waals surface area (Å²) in [4.78, 5) is 16.8. The Kier molecular flexibility index (Phi) is 4.06. The number of likely N-dealkylation sites (tertiary alicyclic amines) is 1. The van der Waals surface area contributed by atoms with Crippen molar-refractivity contribution < 1.29 is 4.79 Å². The molecule has 0 atom stereocenters. The lowest BCUT2D eigenvalue weighted by atomic mass is 9.93. The number of rotatable bonds is 4. The maximum absolute atomic E-state index is 12.4. The number of nitrogens with zero attached hydrogens (tertiary/aromatic N) is 2. The highest BCUT2D eigenvalue weighted by Gasteiger charge is 2.32. The topological polar surface area (TPSA) is 23.6 Å². The number of piperidine rings is 1. The first-order chi connectivity index (χ1) is 9.74. The molecule has 108 valence electrons. The molecule has 0 bridgehead atoms. The number of amides is 1. The first-order valence-corrected chi connectivity index (χ1v) is 7.79. The van der Waals surface area contributed by atoms with Gasteiger partial charge in [0.05, 0.1) is 0 Å². The molecule has 3 heteroatoms. The molecule has 0 unspecified atom stereocenters. The zero-order chi connectivity index (χ0) is 13.9. The first-order valence-electron chi connectivity index (χ1n) is 7.79. The highest BCUT2D eigenvalue weighted by Crippen LogP contribution is 2.32. The lowest BCUT2D eigenvalue weighted by Gasteiger charge is -2.32. The molecule has 2 aliphatic rings. The van der Waals surface area contributed by atoms with Gasteiger partial charge in [-0.3, -0.25) is 4.79 Å². The highest BCUT2D eigenvalue weighted by molar-refractivity contribution is 5.92. The molecule has 1 saturated heterocycles. The summed E-state index contributed by atoms with van der Waals surface area (Å²) in [7, 11) is 1.89. The van der Waals surface area contributed by atoms with Gasteiger partial charge in [0, 0.05) is 25.2 Å². The van der Waals surface area contributed by atoms with Crippen LogP contribution in [0.4, 0.5) is 5.69 Å². The second-order valence-electron chi connectivity index (χ2n) is 6.20. The van der Waals surface area contributed by atoms with Crippen LogP contribution in [0, 0.1) is 5.92 Å². The molecule has 1 saturated carbocycles. The molecule has 2 fully saturated rings. The smallest absolute Gasteiger partial charge is 0.226 e. The van der Waals surface area contributed by atoms with E-state index in [0.717, 1.165) is 11.7 Å². The van der Waals surface area contributed by atoms with Crippen LogP contribution >= 0.6 is 0 Å². The van der Waals surface area contributed by atoms with E-state index < -0.39 is 0 Å². The molecule has 3 nitrogen and oxygen atoms in total. The van der Waals surface area contributed by atoms with Crippen LogP contribution in [0.3, 0.4) is 0 Å². The number of anilines is 1. The second-order valence-corrected chi connectivity index (χ2v) is 6.20. The molecule has 0 radical (unpaired) electrons. The quantitative estimate of drug-likeness (QED) is 0.841. The summed E-state index contributed by atoms with van der Waals surface area (Å²) in [6.07, 6.45) is 5.85. The fourth-order valence-electron chi connectivity index (χ4n) is 3.14. The number of carbonyl (C=O) groups excluding carboxylic acids is 1. The summed E-state index contributed by atoms with van der Waals surface area (Å²) < 4.78 is 0. The van der Waals surface area contributed by atoms with Crippen molar-refractivity contribution in [1.82, 2.24) is 4.90 Å². The van der Waals surface area contributed by atoms with Gasteiger partial charge >= 0.3 is 0 Å². The molecule has 1 amide bonds. The SMILES string of the molecule is CN(C(=O)CC1CCN(C2CC2)CC1)c1ccccc1. The Morgan fingerprint density at radius 2 is 1.80 bits per heavy atom. The normalized spacial score (nSPS) is 20.9. The zero-order valence-electron chi connectivity index (χ0n) is 12.3. The molecule has 1 aliphatic heterocycles. The fourth-order valence-corrected chi connectivity index (χ4v) is 3.14. The molecule has 3 rings (SSSR count). The average Bonchev–Trinajstić information content (AvgIpc) is 3.33. The Morgan fingerprint density at radius 1 is 1.15 bits per heavy atom. The summed E-state index contributed by atoms with van der Waals surface area (Å²) in [6.45, 7) is 2.38. The minimum absolute atomic E-state index is 0.251. The maximum atomic E-state index is 12.4. The minimum Gasteiger partial charge on any atom is -0.315 e. The number of para-hydroxylation sites is 1. The standard InChI is InChI=1S/C17H24N2O/c1-18(15-5-3-2-4-6-15)17(20)13-14-9-11-19(12-10-14)16-7-8-16/h2-6,14,16H,7-13H2,1H3. The van der Waals surface area contributed by atoms with E-state index in [1.807, 2.05) is 37.4 Å². The predicted molar refractivity (Wildman–Crippen MR) is 81.8 cm³/mol. The zero-order valence-corrected chi connectivity index (χ0v) is 12.3. The predicted octanol–water partition coefficient (Wildman–Crippen LogP) is 2.91. The van der Waals surface area contributed by atoms with E-state index in [1.165, 1.54) is 38.8 Å². The van der Waals surface area contributed by atoms with Gasteiger partial charge in [0.1, 0.15) is 0 Å². The first kappa shape index (κ1) is 13.6. The van der Waals surface area contributed by atoms with Gasteiger partial charge in [0.25, 0.3) is 0 Å². The van der Waals surface area contributed by atoms with E-state index in [4.69, 9.17) is 0 Å². The van der Waals surface area contributed by atoms with Crippen molar-refractivity contribution in [2.45, 2.75) is 38.1 Å². The van der Waals surface area contributed by atoms with Crippen molar-refractivity contribution in [3.05, 3.63) is 30.3 Å². The number of benzene rings is 1. The van der Waals surface area contributed by atoms with Crippen molar-refractivity contribution in [3.63, 3.8) is 0 Å². The molecular weight excluding hydrogens is 248 g/mol.